The Kier molecular flexibility index (Phi) is 9.56. The standard InChI is InChI=1S/C46H62N2O5/c1-28(2)33-16-21-46(41(53)48-27-29-10-8-12-31(24-29)39(50)47-26-30-11-9-13-32(25-30)40(51)52)23-22-44(6)34(38(33)46)14-15-36-43(5)19-18-37(49)42(3,4)35(43)17-20-45(36,44)7/h8-13,24-25,33-38,49H,1,14-23,26-27H2,2-7H3,(H,47,50)(H,48,53)(H,51,52)/t33-,34?,35?,36?,37-,38?,43-,44+,45+,46-/m0/s1. The van der Waals surface area contributed by atoms with E-state index in [-0.39, 0.29) is 57.6 Å². The molecule has 5 aliphatic rings. The van der Waals surface area contributed by atoms with Crippen molar-refractivity contribution in [2.24, 2.45) is 56.7 Å². The van der Waals surface area contributed by atoms with Gasteiger partial charge in [-0.25, -0.2) is 4.79 Å². The SMILES string of the molecule is C=C(C)[C@@H]1CC[C@]2(C(=O)NCc3cccc(C(=O)NCc4cccc(C(=O)O)c4)c3)CC[C@]3(C)C(CCC4[C@@]5(C)CC[C@H](O)C(C)(C)C5CC[C@]43C)C12. The highest BCUT2D eigenvalue weighted by Gasteiger charge is 2.71. The Morgan fingerprint density at radius 1 is 0.755 bits per heavy atom. The first-order chi connectivity index (χ1) is 25.0. The zero-order chi connectivity index (χ0) is 38.1. The summed E-state index contributed by atoms with van der Waals surface area (Å²) in [6.07, 6.45) is 10.4. The summed E-state index contributed by atoms with van der Waals surface area (Å²) in [6.45, 7) is 19.7. The van der Waals surface area contributed by atoms with Gasteiger partial charge in [-0.2, -0.15) is 0 Å². The maximum absolute atomic E-state index is 14.7. The molecule has 0 spiro atoms. The number of aliphatic hydroxyl groups is 1. The van der Waals surface area contributed by atoms with Crippen LogP contribution in [-0.4, -0.2) is 34.1 Å². The van der Waals surface area contributed by atoms with Gasteiger partial charge in [0.05, 0.1) is 17.1 Å². The second-order valence-corrected chi connectivity index (χ2v) is 19.3. The van der Waals surface area contributed by atoms with Gasteiger partial charge in [-0.1, -0.05) is 71.0 Å². The smallest absolute Gasteiger partial charge is 0.335 e. The molecular formula is C46H62N2O5. The van der Waals surface area contributed by atoms with Crippen molar-refractivity contribution in [2.75, 3.05) is 0 Å². The maximum Gasteiger partial charge on any atom is 0.335 e. The zero-order valence-corrected chi connectivity index (χ0v) is 32.9. The van der Waals surface area contributed by atoms with Crippen molar-refractivity contribution in [1.82, 2.24) is 10.6 Å². The molecule has 0 aliphatic heterocycles. The Hall–Kier alpha value is -3.45. The maximum atomic E-state index is 14.7. The van der Waals surface area contributed by atoms with Crippen LogP contribution in [-0.2, 0) is 17.9 Å². The molecule has 5 fully saturated rings. The molecule has 2 aromatic carbocycles. The van der Waals surface area contributed by atoms with Gasteiger partial charge in [-0.15, -0.1) is 0 Å². The summed E-state index contributed by atoms with van der Waals surface area (Å²) in [5.41, 5.74) is 3.54. The van der Waals surface area contributed by atoms with Gasteiger partial charge >= 0.3 is 5.97 Å². The Balaban J connectivity index is 1.08. The van der Waals surface area contributed by atoms with Gasteiger partial charge in [0.25, 0.3) is 5.91 Å². The topological polar surface area (TPSA) is 116 Å². The predicted octanol–water partition coefficient (Wildman–Crippen LogP) is 8.95. The molecule has 0 bridgehead atoms. The van der Waals surface area contributed by atoms with Gasteiger partial charge in [-0.3, -0.25) is 9.59 Å². The number of aromatic carboxylic acids is 1. The van der Waals surface area contributed by atoms with E-state index in [0.29, 0.717) is 41.3 Å². The van der Waals surface area contributed by atoms with Gasteiger partial charge in [0.15, 0.2) is 0 Å². The van der Waals surface area contributed by atoms with E-state index in [2.05, 4.69) is 58.8 Å². The first-order valence-electron chi connectivity index (χ1n) is 20.3. The number of carboxylic acids is 1. The molecule has 7 heteroatoms. The molecule has 10 atom stereocenters. The van der Waals surface area contributed by atoms with E-state index in [1.54, 1.807) is 24.3 Å². The summed E-state index contributed by atoms with van der Waals surface area (Å²) in [7, 11) is 0. The van der Waals surface area contributed by atoms with E-state index < -0.39 is 11.4 Å². The van der Waals surface area contributed by atoms with Crippen molar-refractivity contribution >= 4 is 17.8 Å². The number of hydrogen-bond donors (Lipinski definition) is 4. The van der Waals surface area contributed by atoms with Crippen molar-refractivity contribution in [3.05, 3.63) is 82.9 Å². The lowest BCUT2D eigenvalue weighted by molar-refractivity contribution is -0.246. The van der Waals surface area contributed by atoms with Gasteiger partial charge in [0, 0.05) is 18.7 Å². The summed E-state index contributed by atoms with van der Waals surface area (Å²) in [6, 6.07) is 14.0. The molecule has 4 unspecified atom stereocenters. The molecular weight excluding hydrogens is 661 g/mol. The van der Waals surface area contributed by atoms with E-state index in [4.69, 9.17) is 0 Å². The van der Waals surface area contributed by atoms with Crippen LogP contribution in [0.3, 0.4) is 0 Å². The molecule has 286 valence electrons. The number of carbonyl (C=O) groups is 3. The summed E-state index contributed by atoms with van der Waals surface area (Å²) in [4.78, 5) is 39.2. The molecule has 5 saturated carbocycles. The minimum Gasteiger partial charge on any atom is -0.478 e. The van der Waals surface area contributed by atoms with Gasteiger partial charge in [-0.05, 0) is 158 Å². The average molecular weight is 723 g/mol. The van der Waals surface area contributed by atoms with Gasteiger partial charge in [0.1, 0.15) is 0 Å². The van der Waals surface area contributed by atoms with Crippen LogP contribution in [0.4, 0.5) is 0 Å². The highest BCUT2D eigenvalue weighted by Crippen LogP contribution is 2.77. The van der Waals surface area contributed by atoms with Crippen LogP contribution < -0.4 is 10.6 Å². The van der Waals surface area contributed by atoms with Crippen LogP contribution in [0.15, 0.2) is 60.7 Å². The number of aliphatic hydroxyl groups excluding tert-OH is 1. The average Bonchev–Trinajstić information content (AvgIpc) is 3.53. The van der Waals surface area contributed by atoms with Gasteiger partial charge in [0.2, 0.25) is 5.91 Å². The minimum absolute atomic E-state index is 0.0677. The van der Waals surface area contributed by atoms with E-state index in [1.165, 1.54) is 30.9 Å². The molecule has 0 radical (unpaired) electrons. The normalized spacial score (nSPS) is 38.3. The highest BCUT2D eigenvalue weighted by atomic mass is 16.4. The van der Waals surface area contributed by atoms with Crippen molar-refractivity contribution < 1.29 is 24.6 Å². The van der Waals surface area contributed by atoms with E-state index >= 15 is 0 Å². The van der Waals surface area contributed by atoms with Crippen LogP contribution in [0.2, 0.25) is 0 Å². The molecule has 0 saturated heterocycles. The zero-order valence-electron chi connectivity index (χ0n) is 32.9. The summed E-state index contributed by atoms with van der Waals surface area (Å²) < 4.78 is 0. The lowest BCUT2D eigenvalue weighted by Crippen LogP contribution is -2.67. The number of nitrogens with one attached hydrogen (secondary N) is 2. The lowest BCUT2D eigenvalue weighted by Gasteiger charge is -2.72. The van der Waals surface area contributed by atoms with Crippen molar-refractivity contribution in [1.29, 1.82) is 0 Å². The molecule has 7 nitrogen and oxygen atoms in total. The Bertz CT molecular complexity index is 1800. The molecule has 0 aromatic heterocycles. The predicted molar refractivity (Wildman–Crippen MR) is 208 cm³/mol. The number of carboxylic acid groups (broad SMARTS) is 1. The Morgan fingerprint density at radius 3 is 2.09 bits per heavy atom. The van der Waals surface area contributed by atoms with Crippen LogP contribution in [0, 0.1) is 56.7 Å². The quantitative estimate of drug-likeness (QED) is 0.203. The van der Waals surface area contributed by atoms with Crippen LogP contribution >= 0.6 is 0 Å². The summed E-state index contributed by atoms with van der Waals surface area (Å²) in [5, 5.41) is 26.7. The molecule has 2 aromatic rings. The monoisotopic (exact) mass is 722 g/mol. The first kappa shape index (κ1) is 37.8. The van der Waals surface area contributed by atoms with E-state index in [9.17, 15) is 24.6 Å². The Morgan fingerprint density at radius 2 is 1.42 bits per heavy atom. The Labute approximate surface area is 316 Å². The van der Waals surface area contributed by atoms with Crippen molar-refractivity contribution in [3.63, 3.8) is 0 Å². The molecule has 2 amide bonds. The number of fused-ring (bicyclic) bond motifs is 7. The number of allylic oxidation sites excluding steroid dienone is 1. The lowest BCUT2D eigenvalue weighted by atomic mass is 9.32. The number of benzene rings is 2. The third-order valence-corrected chi connectivity index (χ3v) is 16.8. The van der Waals surface area contributed by atoms with Crippen LogP contribution in [0.25, 0.3) is 0 Å². The fourth-order valence-electron chi connectivity index (χ4n) is 13.8. The summed E-state index contributed by atoms with van der Waals surface area (Å²) >= 11 is 0. The molecule has 7 rings (SSSR count). The number of carbonyl (C=O) groups excluding carboxylic acids is 2. The first-order valence-corrected chi connectivity index (χ1v) is 20.3. The third kappa shape index (κ3) is 5.90. The fraction of sp³-hybridized carbons (Fsp3) is 0.630. The molecule has 0 heterocycles. The minimum atomic E-state index is -1.00. The largest absolute Gasteiger partial charge is 0.478 e. The fourth-order valence-corrected chi connectivity index (χ4v) is 13.8. The number of hydrogen-bond acceptors (Lipinski definition) is 4. The second kappa shape index (κ2) is 13.4. The number of amides is 2. The third-order valence-electron chi connectivity index (χ3n) is 16.8. The highest BCUT2D eigenvalue weighted by molar-refractivity contribution is 5.94. The van der Waals surface area contributed by atoms with E-state index in [1.807, 2.05) is 18.2 Å². The number of rotatable bonds is 8. The van der Waals surface area contributed by atoms with Crippen molar-refractivity contribution in [3.8, 4) is 0 Å². The molecule has 4 N–H and O–H groups in total. The van der Waals surface area contributed by atoms with E-state index in [0.717, 1.165) is 50.5 Å². The van der Waals surface area contributed by atoms with Crippen LogP contribution in [0.5, 0.6) is 0 Å². The summed E-state index contributed by atoms with van der Waals surface area (Å²) in [5.74, 6) is 1.12. The molecule has 5 aliphatic carbocycles. The second-order valence-electron chi connectivity index (χ2n) is 19.3. The molecule has 53 heavy (non-hydrogen) atoms. The van der Waals surface area contributed by atoms with Gasteiger partial charge < -0.3 is 20.8 Å². The van der Waals surface area contributed by atoms with Crippen LogP contribution in [0.1, 0.15) is 138 Å². The van der Waals surface area contributed by atoms with Crippen molar-refractivity contribution in [2.45, 2.75) is 125 Å².